The van der Waals surface area contributed by atoms with Crippen molar-refractivity contribution in [2.45, 2.75) is 32.7 Å². The second kappa shape index (κ2) is 7.84. The molecule has 5 nitrogen and oxygen atoms in total. The number of fused-ring (bicyclic) bond motifs is 3. The van der Waals surface area contributed by atoms with Crippen LogP contribution in [0, 0.1) is 6.92 Å². The first-order valence-electron chi connectivity index (χ1n) is 9.52. The third kappa shape index (κ3) is 3.58. The summed E-state index contributed by atoms with van der Waals surface area (Å²) in [4.78, 5) is 17.3. The Balaban J connectivity index is 1.99. The smallest absolute Gasteiger partial charge is 0.169 e. The van der Waals surface area contributed by atoms with Gasteiger partial charge in [0.25, 0.3) is 0 Å². The minimum absolute atomic E-state index is 0.123. The van der Waals surface area contributed by atoms with Gasteiger partial charge in [-0.2, -0.15) is 0 Å². The maximum absolute atomic E-state index is 12.3. The van der Waals surface area contributed by atoms with Gasteiger partial charge in [-0.15, -0.1) is 0 Å². The third-order valence-electron chi connectivity index (χ3n) is 5.16. The molecular formula is C23H21ClN2O3. The van der Waals surface area contributed by atoms with E-state index in [0.717, 1.165) is 39.4 Å². The molecule has 0 saturated carbocycles. The molecule has 1 atom stereocenters. The average Bonchev–Trinajstić information content (AvgIpc) is 3.06. The highest BCUT2D eigenvalue weighted by Crippen LogP contribution is 2.42. The summed E-state index contributed by atoms with van der Waals surface area (Å²) in [6.45, 7) is 3.76. The number of benzene rings is 2. The zero-order valence-corrected chi connectivity index (χ0v) is 17.3. The molecule has 4 rings (SSSR count). The molecule has 0 bridgehead atoms. The van der Waals surface area contributed by atoms with Gasteiger partial charge >= 0.3 is 0 Å². The summed E-state index contributed by atoms with van der Waals surface area (Å²) in [6.07, 6.45) is 0.714. The fourth-order valence-electron chi connectivity index (χ4n) is 3.63. The van der Waals surface area contributed by atoms with E-state index >= 15 is 0 Å². The standard InChI is InChI=1S/C23H21ClN2O3/c1-4-16(27)11-20-23-21(13(2)26-29-23)18-10-9-17(28-3)12-19(18)22(25-20)14-5-7-15(24)8-6-14/h5-10,12,20H,4,11H2,1-3H3/t20-/m0/s1. The number of ketones is 1. The molecule has 3 aromatic rings. The van der Waals surface area contributed by atoms with E-state index in [1.165, 1.54) is 0 Å². The third-order valence-corrected chi connectivity index (χ3v) is 5.41. The van der Waals surface area contributed by atoms with Gasteiger partial charge in [0.15, 0.2) is 5.76 Å². The van der Waals surface area contributed by atoms with Crippen LogP contribution in [0.15, 0.2) is 52.0 Å². The number of aromatic nitrogens is 1. The molecule has 0 unspecified atom stereocenters. The molecule has 0 saturated heterocycles. The maximum Gasteiger partial charge on any atom is 0.169 e. The molecule has 1 aliphatic rings. The van der Waals surface area contributed by atoms with Gasteiger partial charge < -0.3 is 9.26 Å². The van der Waals surface area contributed by atoms with Crippen molar-refractivity contribution in [3.8, 4) is 16.9 Å². The fraction of sp³-hybridized carbons (Fsp3) is 0.261. The predicted molar refractivity (Wildman–Crippen MR) is 113 cm³/mol. The molecule has 29 heavy (non-hydrogen) atoms. The molecule has 0 amide bonds. The van der Waals surface area contributed by atoms with Gasteiger partial charge in [-0.1, -0.05) is 35.8 Å². The number of hydrogen-bond donors (Lipinski definition) is 0. The minimum Gasteiger partial charge on any atom is -0.497 e. The number of methoxy groups -OCH3 is 1. The molecule has 2 heterocycles. The SMILES string of the molecule is CCC(=O)C[C@@H]1N=C(c2ccc(Cl)cc2)c2cc(OC)ccc2-c2c(C)noc21. The highest BCUT2D eigenvalue weighted by atomic mass is 35.5. The lowest BCUT2D eigenvalue weighted by Gasteiger charge is -2.13. The second-order valence-corrected chi connectivity index (χ2v) is 7.45. The van der Waals surface area contributed by atoms with E-state index in [-0.39, 0.29) is 12.2 Å². The average molecular weight is 409 g/mol. The fourth-order valence-corrected chi connectivity index (χ4v) is 3.75. The summed E-state index contributed by atoms with van der Waals surface area (Å²) in [6, 6.07) is 13.0. The minimum atomic E-state index is -0.442. The lowest BCUT2D eigenvalue weighted by atomic mass is 9.92. The number of hydrogen-bond acceptors (Lipinski definition) is 5. The molecule has 2 aromatic carbocycles. The van der Waals surface area contributed by atoms with Crippen molar-refractivity contribution in [1.82, 2.24) is 5.16 Å². The largest absolute Gasteiger partial charge is 0.497 e. The number of carbonyl (C=O) groups excluding carboxylic acids is 1. The molecule has 0 spiro atoms. The molecule has 148 valence electrons. The lowest BCUT2D eigenvalue weighted by Crippen LogP contribution is -2.08. The Hall–Kier alpha value is -2.92. The van der Waals surface area contributed by atoms with Crippen molar-refractivity contribution >= 4 is 23.1 Å². The zero-order chi connectivity index (χ0) is 20.5. The van der Waals surface area contributed by atoms with Crippen LogP contribution in [-0.4, -0.2) is 23.8 Å². The van der Waals surface area contributed by atoms with Gasteiger partial charge in [0.2, 0.25) is 0 Å². The lowest BCUT2D eigenvalue weighted by molar-refractivity contribution is -0.119. The molecule has 6 heteroatoms. The highest BCUT2D eigenvalue weighted by molar-refractivity contribution is 6.30. The van der Waals surface area contributed by atoms with Crippen molar-refractivity contribution in [3.63, 3.8) is 0 Å². The van der Waals surface area contributed by atoms with Gasteiger partial charge in [0.05, 0.1) is 24.1 Å². The van der Waals surface area contributed by atoms with Crippen molar-refractivity contribution in [2.24, 2.45) is 4.99 Å². The van der Waals surface area contributed by atoms with E-state index in [1.54, 1.807) is 7.11 Å². The van der Waals surface area contributed by atoms with E-state index in [2.05, 4.69) is 5.16 Å². The Morgan fingerprint density at radius 2 is 1.93 bits per heavy atom. The summed E-state index contributed by atoms with van der Waals surface area (Å²) in [5.74, 6) is 1.47. The van der Waals surface area contributed by atoms with Gasteiger partial charge in [-0.25, -0.2) is 0 Å². The number of aliphatic imine (C=N–C) groups is 1. The Morgan fingerprint density at radius 1 is 1.17 bits per heavy atom. The molecule has 0 fully saturated rings. The van der Waals surface area contributed by atoms with E-state index in [9.17, 15) is 4.79 Å². The number of aryl methyl sites for hydroxylation is 1. The van der Waals surface area contributed by atoms with Crippen LogP contribution in [0.2, 0.25) is 5.02 Å². The highest BCUT2D eigenvalue weighted by Gasteiger charge is 2.31. The van der Waals surface area contributed by atoms with Gasteiger partial charge in [0, 0.05) is 29.0 Å². The number of ether oxygens (including phenoxy) is 1. The molecular weight excluding hydrogens is 388 g/mol. The van der Waals surface area contributed by atoms with Gasteiger partial charge in [-0.05, 0) is 42.8 Å². The first-order valence-corrected chi connectivity index (χ1v) is 9.90. The predicted octanol–water partition coefficient (Wildman–Crippen LogP) is 5.57. The molecule has 1 aliphatic heterocycles. The topological polar surface area (TPSA) is 64.7 Å². The van der Waals surface area contributed by atoms with E-state index < -0.39 is 6.04 Å². The first-order chi connectivity index (χ1) is 14.0. The van der Waals surface area contributed by atoms with Crippen LogP contribution in [0.25, 0.3) is 11.1 Å². The molecule has 0 radical (unpaired) electrons. The van der Waals surface area contributed by atoms with Crippen LogP contribution >= 0.6 is 11.6 Å². The number of halogens is 1. The van der Waals surface area contributed by atoms with Crippen LogP contribution in [-0.2, 0) is 4.79 Å². The van der Waals surface area contributed by atoms with Crippen LogP contribution < -0.4 is 4.74 Å². The van der Waals surface area contributed by atoms with E-state index in [0.29, 0.717) is 17.2 Å². The Kier molecular flexibility index (Phi) is 5.24. The summed E-state index contributed by atoms with van der Waals surface area (Å²) in [7, 11) is 1.64. The number of rotatable bonds is 5. The first kappa shape index (κ1) is 19.4. The van der Waals surface area contributed by atoms with Crippen molar-refractivity contribution in [2.75, 3.05) is 7.11 Å². The molecule has 1 aromatic heterocycles. The maximum atomic E-state index is 12.3. The van der Waals surface area contributed by atoms with Crippen molar-refractivity contribution < 1.29 is 14.1 Å². The Labute approximate surface area is 174 Å². The normalized spacial score (nSPS) is 15.2. The summed E-state index contributed by atoms with van der Waals surface area (Å²) < 4.78 is 11.1. The molecule has 0 aliphatic carbocycles. The summed E-state index contributed by atoms with van der Waals surface area (Å²) >= 11 is 6.10. The van der Waals surface area contributed by atoms with E-state index in [4.69, 9.17) is 25.9 Å². The van der Waals surface area contributed by atoms with Gasteiger partial charge in [-0.3, -0.25) is 9.79 Å². The zero-order valence-electron chi connectivity index (χ0n) is 16.5. The van der Waals surface area contributed by atoms with Crippen molar-refractivity contribution in [1.29, 1.82) is 0 Å². The Morgan fingerprint density at radius 3 is 2.62 bits per heavy atom. The second-order valence-electron chi connectivity index (χ2n) is 7.02. The number of Topliss-reactive ketones (excluding diaryl/α,β-unsaturated/α-hetero) is 1. The number of nitrogens with zero attached hydrogens (tertiary/aromatic N) is 2. The quantitative estimate of drug-likeness (QED) is 0.553. The molecule has 0 N–H and O–H groups in total. The van der Waals surface area contributed by atoms with Crippen LogP contribution in [0.5, 0.6) is 5.75 Å². The van der Waals surface area contributed by atoms with Crippen molar-refractivity contribution in [3.05, 3.63) is 70.1 Å². The van der Waals surface area contributed by atoms with Crippen LogP contribution in [0.1, 0.15) is 48.4 Å². The van der Waals surface area contributed by atoms with Gasteiger partial charge in [0.1, 0.15) is 17.6 Å². The summed E-state index contributed by atoms with van der Waals surface area (Å²) in [5.41, 5.74) is 5.21. The monoisotopic (exact) mass is 408 g/mol. The van der Waals surface area contributed by atoms with Crippen LogP contribution in [0.3, 0.4) is 0 Å². The summed E-state index contributed by atoms with van der Waals surface area (Å²) in [5, 5.41) is 4.82. The number of carbonyl (C=O) groups is 1. The Bertz CT molecular complexity index is 1100. The van der Waals surface area contributed by atoms with Crippen LogP contribution in [0.4, 0.5) is 0 Å². The van der Waals surface area contributed by atoms with E-state index in [1.807, 2.05) is 56.3 Å².